The maximum atomic E-state index is 12.5. The third-order valence-electron chi connectivity index (χ3n) is 3.07. The van der Waals surface area contributed by atoms with Crippen LogP contribution in [-0.4, -0.2) is 24.1 Å². The molecule has 2 N–H and O–H groups in total. The number of guanidine groups is 1. The Morgan fingerprint density at radius 2 is 2.20 bits per heavy atom. The Bertz CT molecular complexity index is 724. The first kappa shape index (κ1) is 19.4. The van der Waals surface area contributed by atoms with Gasteiger partial charge in [0.05, 0.1) is 13.1 Å². The highest BCUT2D eigenvalue weighted by Crippen LogP contribution is 2.25. The van der Waals surface area contributed by atoms with Crippen molar-refractivity contribution in [3.63, 3.8) is 0 Å². The average Bonchev–Trinajstić information content (AvgIpc) is 2.97. The number of aromatic nitrogens is 1. The summed E-state index contributed by atoms with van der Waals surface area (Å²) >= 11 is 7.54. The van der Waals surface area contributed by atoms with Crippen LogP contribution in [0.25, 0.3) is 0 Å². The van der Waals surface area contributed by atoms with Gasteiger partial charge in [-0.3, -0.25) is 0 Å². The van der Waals surface area contributed by atoms with Crippen molar-refractivity contribution in [2.45, 2.75) is 33.5 Å². The molecule has 0 spiro atoms. The summed E-state index contributed by atoms with van der Waals surface area (Å²) in [4.78, 5) is 9.81. The van der Waals surface area contributed by atoms with Crippen LogP contribution < -0.4 is 15.4 Å². The number of nitrogens with one attached hydrogen (secondary N) is 2. The molecule has 1 heterocycles. The lowest BCUT2D eigenvalue weighted by molar-refractivity contribution is -0.0504. The maximum absolute atomic E-state index is 12.5. The van der Waals surface area contributed by atoms with Gasteiger partial charge < -0.3 is 15.4 Å². The zero-order valence-corrected chi connectivity index (χ0v) is 15.4. The third-order valence-corrected chi connectivity index (χ3v) is 4.21. The van der Waals surface area contributed by atoms with Gasteiger partial charge in [0.1, 0.15) is 10.8 Å². The van der Waals surface area contributed by atoms with Crippen LogP contribution in [0.4, 0.5) is 8.78 Å². The molecule has 0 bridgehead atoms. The number of rotatable bonds is 7. The van der Waals surface area contributed by atoms with E-state index in [-0.39, 0.29) is 12.3 Å². The lowest BCUT2D eigenvalue weighted by atomic mass is 10.2. The number of aliphatic imine (C=N–C) groups is 1. The van der Waals surface area contributed by atoms with Gasteiger partial charge in [-0.25, -0.2) is 9.98 Å². The fourth-order valence-electron chi connectivity index (χ4n) is 2.03. The largest absolute Gasteiger partial charge is 0.434 e. The number of hydrogen-bond donors (Lipinski definition) is 2. The van der Waals surface area contributed by atoms with Crippen molar-refractivity contribution in [3.8, 4) is 5.75 Å². The number of nitrogens with zero attached hydrogens (tertiary/aromatic N) is 2. The molecule has 9 heteroatoms. The van der Waals surface area contributed by atoms with E-state index in [0.29, 0.717) is 29.6 Å². The minimum absolute atomic E-state index is 0.0644. The van der Waals surface area contributed by atoms with Gasteiger partial charge >= 0.3 is 6.61 Å². The molecule has 0 aliphatic heterocycles. The van der Waals surface area contributed by atoms with Crippen molar-refractivity contribution in [1.82, 2.24) is 15.6 Å². The summed E-state index contributed by atoms with van der Waals surface area (Å²) in [5, 5.41) is 7.63. The minimum Gasteiger partial charge on any atom is -0.434 e. The van der Waals surface area contributed by atoms with E-state index in [4.69, 9.17) is 11.6 Å². The second kappa shape index (κ2) is 9.53. The van der Waals surface area contributed by atoms with Crippen LogP contribution in [0, 0.1) is 6.92 Å². The Labute approximate surface area is 154 Å². The first-order chi connectivity index (χ1) is 12.0. The maximum Gasteiger partial charge on any atom is 0.387 e. The second-order valence-corrected chi connectivity index (χ2v) is 6.80. The molecule has 2 aromatic rings. The number of aryl methyl sites for hydroxylation is 1. The summed E-state index contributed by atoms with van der Waals surface area (Å²) in [6, 6.07) is 4.48. The van der Waals surface area contributed by atoms with Crippen molar-refractivity contribution in [1.29, 1.82) is 0 Å². The van der Waals surface area contributed by atoms with Gasteiger partial charge in [-0.2, -0.15) is 8.78 Å². The molecule has 1 aromatic heterocycles. The van der Waals surface area contributed by atoms with Crippen LogP contribution >= 0.6 is 22.9 Å². The summed E-state index contributed by atoms with van der Waals surface area (Å²) in [5.74, 6) is 0.618. The molecule has 0 saturated heterocycles. The Morgan fingerprint density at radius 1 is 1.40 bits per heavy atom. The number of alkyl halides is 2. The van der Waals surface area contributed by atoms with Crippen molar-refractivity contribution >= 4 is 28.9 Å². The molecule has 1 aromatic carbocycles. The van der Waals surface area contributed by atoms with Crippen LogP contribution in [-0.2, 0) is 13.1 Å². The Balaban J connectivity index is 2.08. The van der Waals surface area contributed by atoms with Gasteiger partial charge in [-0.05, 0) is 32.0 Å². The van der Waals surface area contributed by atoms with Crippen LogP contribution in [0.15, 0.2) is 29.4 Å². The summed E-state index contributed by atoms with van der Waals surface area (Å²) < 4.78 is 29.5. The summed E-state index contributed by atoms with van der Waals surface area (Å²) in [7, 11) is 0. The Kier molecular flexibility index (Phi) is 7.39. The van der Waals surface area contributed by atoms with Gasteiger partial charge in [0.25, 0.3) is 0 Å². The predicted molar refractivity (Wildman–Crippen MR) is 96.6 cm³/mol. The number of hydrogen-bond acceptors (Lipinski definition) is 4. The Hall–Kier alpha value is -1.93. The first-order valence-electron chi connectivity index (χ1n) is 7.64. The van der Waals surface area contributed by atoms with Crippen molar-refractivity contribution in [2.24, 2.45) is 4.99 Å². The Morgan fingerprint density at radius 3 is 2.84 bits per heavy atom. The topological polar surface area (TPSA) is 58.5 Å². The molecule has 0 radical (unpaired) electrons. The highest BCUT2D eigenvalue weighted by molar-refractivity contribution is 7.11. The smallest absolute Gasteiger partial charge is 0.387 e. The second-order valence-electron chi connectivity index (χ2n) is 5.04. The van der Waals surface area contributed by atoms with E-state index in [0.717, 1.165) is 9.88 Å². The van der Waals surface area contributed by atoms with E-state index >= 15 is 0 Å². The zero-order chi connectivity index (χ0) is 18.2. The van der Waals surface area contributed by atoms with Gasteiger partial charge in [-0.15, -0.1) is 11.3 Å². The quantitative estimate of drug-likeness (QED) is 0.556. The summed E-state index contributed by atoms with van der Waals surface area (Å²) in [6.07, 6.45) is 1.81. The van der Waals surface area contributed by atoms with Gasteiger partial charge in [0.2, 0.25) is 0 Å². The monoisotopic (exact) mass is 388 g/mol. The number of thiazole rings is 1. The normalized spacial score (nSPS) is 11.7. The number of ether oxygens (including phenoxy) is 1. The van der Waals surface area contributed by atoms with Crippen molar-refractivity contribution in [3.05, 3.63) is 44.9 Å². The molecule has 0 amide bonds. The minimum atomic E-state index is -2.90. The fraction of sp³-hybridized carbons (Fsp3) is 0.375. The van der Waals surface area contributed by atoms with Crippen molar-refractivity contribution < 1.29 is 13.5 Å². The van der Waals surface area contributed by atoms with Crippen molar-refractivity contribution in [2.75, 3.05) is 6.54 Å². The number of halogens is 3. The molecule has 0 aliphatic rings. The molecule has 5 nitrogen and oxygen atoms in total. The standard InChI is InChI=1S/C16H19ClF2N4OS/c1-3-20-16(23-9-14-21-7-10(2)25-14)22-8-11-6-12(17)4-5-13(11)24-15(18)19/h4-7,15H,3,8-9H2,1-2H3,(H2,20,22,23). The molecule has 0 atom stereocenters. The van der Waals surface area contributed by atoms with Crippen LogP contribution in [0.2, 0.25) is 5.02 Å². The van der Waals surface area contributed by atoms with Gasteiger partial charge in [-0.1, -0.05) is 11.6 Å². The van der Waals surface area contributed by atoms with Gasteiger partial charge in [0.15, 0.2) is 5.96 Å². The molecular formula is C16H19ClF2N4OS. The lowest BCUT2D eigenvalue weighted by Gasteiger charge is -2.12. The van der Waals surface area contributed by atoms with E-state index in [1.54, 1.807) is 17.4 Å². The molecule has 0 aliphatic carbocycles. The van der Waals surface area contributed by atoms with Crippen LogP contribution in [0.1, 0.15) is 22.4 Å². The zero-order valence-electron chi connectivity index (χ0n) is 13.9. The van der Waals surface area contributed by atoms with Crippen LogP contribution in [0.5, 0.6) is 5.75 Å². The molecule has 0 saturated carbocycles. The highest BCUT2D eigenvalue weighted by atomic mass is 35.5. The van der Waals surface area contributed by atoms with E-state index < -0.39 is 6.61 Å². The lowest BCUT2D eigenvalue weighted by Crippen LogP contribution is -2.36. The average molecular weight is 389 g/mol. The SMILES string of the molecule is CCNC(=NCc1cc(Cl)ccc1OC(F)F)NCc1ncc(C)s1. The predicted octanol–water partition coefficient (Wildman–Crippen LogP) is 3.96. The first-order valence-corrected chi connectivity index (χ1v) is 8.84. The fourth-order valence-corrected chi connectivity index (χ4v) is 2.95. The molecule has 0 unspecified atom stereocenters. The van der Waals surface area contributed by atoms with Crippen LogP contribution in [0.3, 0.4) is 0 Å². The van der Waals surface area contributed by atoms with E-state index in [9.17, 15) is 8.78 Å². The highest BCUT2D eigenvalue weighted by Gasteiger charge is 2.10. The summed E-state index contributed by atoms with van der Waals surface area (Å²) in [6.45, 7) is 2.37. The third kappa shape index (κ3) is 6.47. The van der Waals surface area contributed by atoms with Gasteiger partial charge in [0, 0.05) is 28.2 Å². The summed E-state index contributed by atoms with van der Waals surface area (Å²) in [5.41, 5.74) is 0.482. The molecule has 0 fully saturated rings. The molecular weight excluding hydrogens is 370 g/mol. The molecule has 25 heavy (non-hydrogen) atoms. The van der Waals surface area contributed by atoms with E-state index in [1.165, 1.54) is 12.1 Å². The molecule has 2 rings (SSSR count). The number of benzene rings is 1. The molecule has 136 valence electrons. The van der Waals surface area contributed by atoms with E-state index in [1.807, 2.05) is 20.0 Å². The van der Waals surface area contributed by atoms with E-state index in [2.05, 4.69) is 25.3 Å².